The molecular formula is C8H16O3S. The van der Waals surface area contributed by atoms with Crippen LogP contribution in [0.1, 0.15) is 26.2 Å². The van der Waals surface area contributed by atoms with Gasteiger partial charge in [-0.2, -0.15) is 0 Å². The van der Waals surface area contributed by atoms with Crippen LogP contribution in [-0.2, 0) is 9.84 Å². The lowest BCUT2D eigenvalue weighted by molar-refractivity contribution is 0.143. The quantitative estimate of drug-likeness (QED) is 0.709. The number of hydrogen-bond donors (Lipinski definition) is 1. The van der Waals surface area contributed by atoms with Gasteiger partial charge in [0.2, 0.25) is 0 Å². The molecule has 0 saturated heterocycles. The molecule has 0 aliphatic heterocycles. The van der Waals surface area contributed by atoms with Crippen LogP contribution in [0.15, 0.2) is 0 Å². The molecule has 0 heterocycles. The Morgan fingerprint density at radius 2 is 2.00 bits per heavy atom. The SMILES string of the molecule is CC[C@H]([C@H](O)C1CC1)S(C)(=O)=O. The van der Waals surface area contributed by atoms with E-state index < -0.39 is 21.2 Å². The van der Waals surface area contributed by atoms with Gasteiger partial charge in [0.1, 0.15) is 0 Å². The largest absolute Gasteiger partial charge is 0.391 e. The second-order valence-corrected chi connectivity index (χ2v) is 5.87. The molecule has 2 atom stereocenters. The van der Waals surface area contributed by atoms with Crippen molar-refractivity contribution in [1.82, 2.24) is 0 Å². The summed E-state index contributed by atoms with van der Waals surface area (Å²) in [4.78, 5) is 0. The second-order valence-electron chi connectivity index (χ2n) is 3.60. The van der Waals surface area contributed by atoms with Crippen molar-refractivity contribution in [1.29, 1.82) is 0 Å². The lowest BCUT2D eigenvalue weighted by atomic mass is 10.1. The molecular weight excluding hydrogens is 176 g/mol. The molecule has 1 fully saturated rings. The smallest absolute Gasteiger partial charge is 0.152 e. The van der Waals surface area contributed by atoms with Gasteiger partial charge in [-0.05, 0) is 25.2 Å². The molecule has 0 unspecified atom stereocenters. The van der Waals surface area contributed by atoms with Crippen LogP contribution in [0.25, 0.3) is 0 Å². The Balaban J connectivity index is 2.67. The van der Waals surface area contributed by atoms with E-state index >= 15 is 0 Å². The van der Waals surface area contributed by atoms with E-state index in [1.807, 2.05) is 0 Å². The Labute approximate surface area is 73.7 Å². The van der Waals surface area contributed by atoms with Crippen LogP contribution >= 0.6 is 0 Å². The molecule has 0 aromatic carbocycles. The van der Waals surface area contributed by atoms with Crippen molar-refractivity contribution in [2.24, 2.45) is 5.92 Å². The summed E-state index contributed by atoms with van der Waals surface area (Å²) >= 11 is 0. The third-order valence-electron chi connectivity index (χ3n) is 2.44. The zero-order valence-electron chi connectivity index (χ0n) is 7.53. The van der Waals surface area contributed by atoms with E-state index in [4.69, 9.17) is 0 Å². The number of sulfone groups is 1. The lowest BCUT2D eigenvalue weighted by Gasteiger charge is -2.18. The Bertz CT molecular complexity index is 241. The zero-order chi connectivity index (χ0) is 9.35. The minimum Gasteiger partial charge on any atom is -0.391 e. The van der Waals surface area contributed by atoms with Crippen molar-refractivity contribution in [3.8, 4) is 0 Å². The summed E-state index contributed by atoms with van der Waals surface area (Å²) in [5, 5.41) is 9.05. The van der Waals surface area contributed by atoms with Gasteiger partial charge in [0.25, 0.3) is 0 Å². The number of aliphatic hydroxyl groups is 1. The molecule has 1 N–H and O–H groups in total. The number of aliphatic hydroxyl groups excluding tert-OH is 1. The maximum Gasteiger partial charge on any atom is 0.152 e. The third-order valence-corrected chi connectivity index (χ3v) is 4.15. The molecule has 1 rings (SSSR count). The predicted molar refractivity (Wildman–Crippen MR) is 47.7 cm³/mol. The minimum atomic E-state index is -3.07. The number of hydrogen-bond acceptors (Lipinski definition) is 3. The highest BCUT2D eigenvalue weighted by Crippen LogP contribution is 2.36. The fraction of sp³-hybridized carbons (Fsp3) is 1.00. The average molecular weight is 192 g/mol. The summed E-state index contributed by atoms with van der Waals surface area (Å²) in [6.07, 6.45) is 3.04. The topological polar surface area (TPSA) is 54.4 Å². The summed E-state index contributed by atoms with van der Waals surface area (Å²) in [6, 6.07) is 0. The van der Waals surface area contributed by atoms with Crippen molar-refractivity contribution < 1.29 is 13.5 Å². The fourth-order valence-electron chi connectivity index (χ4n) is 1.54. The maximum atomic E-state index is 11.2. The molecule has 0 radical (unpaired) electrons. The highest BCUT2D eigenvalue weighted by Gasteiger charge is 2.38. The number of rotatable bonds is 4. The van der Waals surface area contributed by atoms with E-state index in [1.165, 1.54) is 6.26 Å². The summed E-state index contributed by atoms with van der Waals surface area (Å²) < 4.78 is 22.4. The van der Waals surface area contributed by atoms with E-state index in [0.29, 0.717) is 6.42 Å². The molecule has 1 aliphatic carbocycles. The van der Waals surface area contributed by atoms with Gasteiger partial charge in [0, 0.05) is 6.26 Å². The summed E-state index contributed by atoms with van der Waals surface area (Å²) in [7, 11) is -3.07. The van der Waals surface area contributed by atoms with Crippen LogP contribution in [0, 0.1) is 5.92 Å². The van der Waals surface area contributed by atoms with E-state index in [0.717, 1.165) is 12.8 Å². The minimum absolute atomic E-state index is 0.240. The van der Waals surface area contributed by atoms with E-state index in [-0.39, 0.29) is 5.92 Å². The van der Waals surface area contributed by atoms with Crippen LogP contribution in [0.2, 0.25) is 0 Å². The molecule has 3 nitrogen and oxygen atoms in total. The molecule has 0 aromatic rings. The van der Waals surface area contributed by atoms with Crippen LogP contribution in [0.4, 0.5) is 0 Å². The third kappa shape index (κ3) is 2.20. The lowest BCUT2D eigenvalue weighted by Crippen LogP contribution is -2.34. The maximum absolute atomic E-state index is 11.2. The van der Waals surface area contributed by atoms with Crippen molar-refractivity contribution in [3.63, 3.8) is 0 Å². The Morgan fingerprint density at radius 3 is 2.25 bits per heavy atom. The highest BCUT2D eigenvalue weighted by atomic mass is 32.2. The molecule has 12 heavy (non-hydrogen) atoms. The second kappa shape index (κ2) is 3.34. The molecule has 1 saturated carbocycles. The Hall–Kier alpha value is -0.0900. The van der Waals surface area contributed by atoms with E-state index in [9.17, 15) is 13.5 Å². The average Bonchev–Trinajstić information content (AvgIpc) is 2.65. The first-order valence-corrected chi connectivity index (χ1v) is 6.29. The molecule has 0 amide bonds. The van der Waals surface area contributed by atoms with Gasteiger partial charge >= 0.3 is 0 Å². The van der Waals surface area contributed by atoms with Gasteiger partial charge < -0.3 is 5.11 Å². The standard InChI is InChI=1S/C8H16O3S/c1-3-7(12(2,10)11)8(9)6-4-5-6/h6-9H,3-5H2,1-2H3/t7-,8-/m1/s1. The van der Waals surface area contributed by atoms with Crippen LogP contribution in [0.3, 0.4) is 0 Å². The molecule has 72 valence electrons. The van der Waals surface area contributed by atoms with Crippen molar-refractivity contribution in [3.05, 3.63) is 0 Å². The van der Waals surface area contributed by atoms with Gasteiger partial charge in [-0.1, -0.05) is 6.92 Å². The normalized spacial score (nSPS) is 23.6. The monoisotopic (exact) mass is 192 g/mol. The van der Waals surface area contributed by atoms with E-state index in [1.54, 1.807) is 6.92 Å². The first-order chi connectivity index (χ1) is 5.46. The van der Waals surface area contributed by atoms with Gasteiger partial charge in [0.05, 0.1) is 11.4 Å². The van der Waals surface area contributed by atoms with Gasteiger partial charge in [-0.3, -0.25) is 0 Å². The molecule has 4 heteroatoms. The van der Waals surface area contributed by atoms with Crippen LogP contribution in [0.5, 0.6) is 0 Å². The van der Waals surface area contributed by atoms with Crippen LogP contribution in [-0.4, -0.2) is 31.1 Å². The van der Waals surface area contributed by atoms with Crippen molar-refractivity contribution in [2.45, 2.75) is 37.5 Å². The summed E-state index contributed by atoms with van der Waals surface area (Å²) in [5.41, 5.74) is 0. The first kappa shape index (κ1) is 9.99. The highest BCUT2D eigenvalue weighted by molar-refractivity contribution is 7.91. The first-order valence-electron chi connectivity index (χ1n) is 4.33. The zero-order valence-corrected chi connectivity index (χ0v) is 8.34. The molecule has 0 bridgehead atoms. The Kier molecular flexibility index (Phi) is 2.78. The van der Waals surface area contributed by atoms with Gasteiger partial charge in [0.15, 0.2) is 9.84 Å². The van der Waals surface area contributed by atoms with Gasteiger partial charge in [-0.25, -0.2) is 8.42 Å². The van der Waals surface area contributed by atoms with Crippen LogP contribution < -0.4 is 0 Å². The molecule has 0 spiro atoms. The van der Waals surface area contributed by atoms with Crippen molar-refractivity contribution in [2.75, 3.05) is 6.26 Å². The molecule has 1 aliphatic rings. The summed E-state index contributed by atoms with van der Waals surface area (Å²) in [6.45, 7) is 1.80. The molecule has 0 aromatic heterocycles. The fourth-order valence-corrected chi connectivity index (χ4v) is 2.87. The van der Waals surface area contributed by atoms with E-state index in [2.05, 4.69) is 0 Å². The van der Waals surface area contributed by atoms with Crippen molar-refractivity contribution >= 4 is 9.84 Å². The summed E-state index contributed by atoms with van der Waals surface area (Å²) in [5.74, 6) is 0.240. The Morgan fingerprint density at radius 1 is 1.50 bits per heavy atom. The predicted octanol–water partition coefficient (Wildman–Crippen LogP) is 0.581. The van der Waals surface area contributed by atoms with Gasteiger partial charge in [-0.15, -0.1) is 0 Å².